The van der Waals surface area contributed by atoms with Crippen molar-refractivity contribution in [3.05, 3.63) is 0 Å². The molecule has 0 fully saturated rings. The molecule has 0 rings (SSSR count). The highest BCUT2D eigenvalue weighted by atomic mass is 35.5. The molecule has 0 spiro atoms. The van der Waals surface area contributed by atoms with Gasteiger partial charge in [-0.25, -0.2) is 0 Å². The first kappa shape index (κ1) is 11.5. The largest absolute Gasteiger partial charge is 0.375 e. The van der Waals surface area contributed by atoms with Gasteiger partial charge in [0.1, 0.15) is 6.61 Å². The molecule has 4 heteroatoms. The normalized spacial score (nSPS) is 13.6. The Balaban J connectivity index is 3.44. The maximum absolute atomic E-state index is 10.6. The first-order valence-electron chi connectivity index (χ1n) is 3.37. The van der Waals surface area contributed by atoms with E-state index in [9.17, 15) is 5.11 Å². The van der Waals surface area contributed by atoms with Crippen molar-refractivity contribution in [1.82, 2.24) is 0 Å². The maximum atomic E-state index is 10.6. The molecule has 0 atom stereocenters. The lowest BCUT2D eigenvalue weighted by Gasteiger charge is -2.19. The van der Waals surface area contributed by atoms with Gasteiger partial charge in [-0.15, -0.1) is 0 Å². The molecule has 0 unspecified atom stereocenters. The summed E-state index contributed by atoms with van der Waals surface area (Å²) in [6, 6.07) is 0. The second kappa shape index (κ2) is 3.94. The van der Waals surface area contributed by atoms with Crippen molar-refractivity contribution < 1.29 is 9.84 Å². The molecule has 0 aliphatic heterocycles. The lowest BCUT2D eigenvalue weighted by molar-refractivity contribution is -0.00718. The van der Waals surface area contributed by atoms with Gasteiger partial charge in [0.2, 0.25) is 0 Å². The van der Waals surface area contributed by atoms with E-state index in [4.69, 9.17) is 27.9 Å². The minimum absolute atomic E-state index is 0.0407. The fourth-order valence-corrected chi connectivity index (χ4v) is 0.630. The Bertz CT molecular complexity index is 98.6. The average molecular weight is 200 g/mol. The van der Waals surface area contributed by atoms with Crippen LogP contribution in [0.15, 0.2) is 0 Å². The van der Waals surface area contributed by atoms with Crippen LogP contribution in [-0.2, 0) is 9.84 Å². The lowest BCUT2D eigenvalue weighted by Crippen LogP contribution is -2.23. The first-order chi connectivity index (χ1) is 4.71. The Morgan fingerprint density at radius 1 is 1.18 bits per heavy atom. The van der Waals surface area contributed by atoms with Gasteiger partial charge in [-0.1, -0.05) is 44.0 Å². The molecule has 0 amide bonds. The minimum Gasteiger partial charge on any atom is -0.375 e. The highest BCUT2D eigenvalue weighted by Gasteiger charge is 2.23. The number of halogens is 2. The van der Waals surface area contributed by atoms with Gasteiger partial charge in [-0.3, -0.25) is 0 Å². The Labute approximate surface area is 77.4 Å². The van der Waals surface area contributed by atoms with Crippen LogP contribution < -0.4 is 0 Å². The standard InChI is InChI=1S/C7H13Cl2O2/c1-6(2,3)4-11-5-7(8,9)10/h4-5H2,1-3H3. The van der Waals surface area contributed by atoms with E-state index in [0.717, 1.165) is 0 Å². The Morgan fingerprint density at radius 3 is 1.91 bits per heavy atom. The number of rotatable bonds is 3. The number of hydrogen-bond donors (Lipinski definition) is 0. The molecule has 0 aliphatic rings. The molecule has 0 aromatic heterocycles. The third-order valence-electron chi connectivity index (χ3n) is 0.805. The predicted octanol–water partition coefficient (Wildman–Crippen LogP) is 2.61. The average Bonchev–Trinajstić information content (AvgIpc) is 1.55. The first-order valence-corrected chi connectivity index (χ1v) is 4.12. The summed E-state index contributed by atoms with van der Waals surface area (Å²) in [7, 11) is 0. The molecule has 0 saturated carbocycles. The van der Waals surface area contributed by atoms with Crippen LogP contribution in [0, 0.1) is 5.41 Å². The van der Waals surface area contributed by atoms with Gasteiger partial charge >= 0.3 is 0 Å². The summed E-state index contributed by atoms with van der Waals surface area (Å²) in [5, 5.41) is 10.6. The summed E-state index contributed by atoms with van der Waals surface area (Å²) in [5.41, 5.74) is 0.0407. The predicted molar refractivity (Wildman–Crippen MR) is 45.4 cm³/mol. The zero-order chi connectivity index (χ0) is 9.12. The number of hydrogen-bond acceptors (Lipinski definition) is 1. The maximum Gasteiger partial charge on any atom is 0.273 e. The third kappa shape index (κ3) is 10.5. The molecule has 2 nitrogen and oxygen atoms in total. The van der Waals surface area contributed by atoms with Gasteiger partial charge < -0.3 is 4.74 Å². The molecule has 0 aliphatic carbocycles. The number of ether oxygens (including phenoxy) is 1. The summed E-state index contributed by atoms with van der Waals surface area (Å²) in [6.45, 7) is 6.32. The van der Waals surface area contributed by atoms with Crippen LogP contribution in [0.25, 0.3) is 0 Å². The van der Waals surface area contributed by atoms with Gasteiger partial charge in [0.25, 0.3) is 4.52 Å². The smallest absolute Gasteiger partial charge is 0.273 e. The zero-order valence-electron chi connectivity index (χ0n) is 6.99. The van der Waals surface area contributed by atoms with Gasteiger partial charge in [-0.2, -0.15) is 5.11 Å². The van der Waals surface area contributed by atoms with E-state index in [1.807, 2.05) is 20.8 Å². The highest BCUT2D eigenvalue weighted by Crippen LogP contribution is 2.19. The quantitative estimate of drug-likeness (QED) is 0.643. The second-order valence-electron chi connectivity index (χ2n) is 3.69. The van der Waals surface area contributed by atoms with Gasteiger partial charge in [-0.05, 0) is 5.41 Å². The zero-order valence-corrected chi connectivity index (χ0v) is 8.50. The molecular weight excluding hydrogens is 187 g/mol. The van der Waals surface area contributed by atoms with E-state index in [1.165, 1.54) is 0 Å². The molecule has 11 heavy (non-hydrogen) atoms. The van der Waals surface area contributed by atoms with Crippen LogP contribution in [-0.4, -0.2) is 17.7 Å². The van der Waals surface area contributed by atoms with E-state index >= 15 is 0 Å². The molecule has 0 aromatic carbocycles. The van der Waals surface area contributed by atoms with Crippen molar-refractivity contribution in [2.75, 3.05) is 13.2 Å². The summed E-state index contributed by atoms with van der Waals surface area (Å²) in [5.74, 6) is 0. The lowest BCUT2D eigenvalue weighted by atomic mass is 9.99. The molecule has 67 valence electrons. The van der Waals surface area contributed by atoms with Crippen LogP contribution in [0.4, 0.5) is 0 Å². The van der Waals surface area contributed by atoms with Crippen LogP contribution in [0.2, 0.25) is 0 Å². The summed E-state index contributed by atoms with van der Waals surface area (Å²) >= 11 is 10.3. The molecule has 1 radical (unpaired) electrons. The fraction of sp³-hybridized carbons (Fsp3) is 1.00. The SMILES string of the molecule is CC(C)(C)COCC([O])(Cl)Cl. The van der Waals surface area contributed by atoms with Crippen molar-refractivity contribution in [1.29, 1.82) is 0 Å². The summed E-state index contributed by atoms with van der Waals surface area (Å²) in [4.78, 5) is 0. The van der Waals surface area contributed by atoms with Crippen molar-refractivity contribution >= 4 is 23.2 Å². The van der Waals surface area contributed by atoms with E-state index < -0.39 is 4.52 Å². The molecule has 0 N–H and O–H groups in total. The number of alkyl halides is 2. The van der Waals surface area contributed by atoms with E-state index in [1.54, 1.807) is 0 Å². The van der Waals surface area contributed by atoms with Crippen LogP contribution in [0.3, 0.4) is 0 Å². The van der Waals surface area contributed by atoms with Crippen molar-refractivity contribution in [3.63, 3.8) is 0 Å². The van der Waals surface area contributed by atoms with Crippen molar-refractivity contribution in [2.45, 2.75) is 25.3 Å². The van der Waals surface area contributed by atoms with Gasteiger partial charge in [0.05, 0.1) is 6.61 Å². The Kier molecular flexibility index (Phi) is 4.12. The van der Waals surface area contributed by atoms with Crippen LogP contribution in [0.5, 0.6) is 0 Å². The monoisotopic (exact) mass is 199 g/mol. The van der Waals surface area contributed by atoms with E-state index in [0.29, 0.717) is 6.61 Å². The second-order valence-corrected chi connectivity index (χ2v) is 5.11. The summed E-state index contributed by atoms with van der Waals surface area (Å²) < 4.78 is 2.98. The Hall–Kier alpha value is 0.500. The molecule has 0 saturated heterocycles. The van der Waals surface area contributed by atoms with Crippen molar-refractivity contribution in [3.8, 4) is 0 Å². The molecular formula is C7H13Cl2O2. The van der Waals surface area contributed by atoms with E-state index in [2.05, 4.69) is 0 Å². The highest BCUT2D eigenvalue weighted by molar-refractivity contribution is 6.47. The molecule has 0 heterocycles. The topological polar surface area (TPSA) is 29.1 Å². The van der Waals surface area contributed by atoms with Crippen LogP contribution >= 0.6 is 23.2 Å². The third-order valence-corrected chi connectivity index (χ3v) is 1.02. The fourth-order valence-electron chi connectivity index (χ4n) is 0.476. The summed E-state index contributed by atoms with van der Waals surface area (Å²) in [6.07, 6.45) is 0. The molecule has 0 bridgehead atoms. The van der Waals surface area contributed by atoms with E-state index in [-0.39, 0.29) is 12.0 Å². The van der Waals surface area contributed by atoms with Gasteiger partial charge in [0.15, 0.2) is 0 Å². The minimum atomic E-state index is -2.01. The molecule has 0 aromatic rings. The Morgan fingerprint density at radius 2 is 1.64 bits per heavy atom. The van der Waals surface area contributed by atoms with Crippen LogP contribution in [0.1, 0.15) is 20.8 Å². The van der Waals surface area contributed by atoms with Crippen molar-refractivity contribution in [2.24, 2.45) is 5.41 Å². The van der Waals surface area contributed by atoms with Gasteiger partial charge in [0, 0.05) is 0 Å².